The summed E-state index contributed by atoms with van der Waals surface area (Å²) in [6, 6.07) is 17.0. The number of aromatic nitrogens is 1. The molecule has 0 bridgehead atoms. The molecule has 7 heteroatoms. The minimum absolute atomic E-state index is 0.0543. The number of Topliss-reactive ketones (excluding diaryl/α,β-unsaturated/α-hetero) is 1. The number of carbonyl (C=O) groups is 2. The molecule has 2 N–H and O–H groups in total. The minimum Gasteiger partial charge on any atom is -0.496 e. The van der Waals surface area contributed by atoms with Crippen LogP contribution in [-0.4, -0.2) is 23.8 Å². The van der Waals surface area contributed by atoms with Crippen LogP contribution >= 0.6 is 11.3 Å². The van der Waals surface area contributed by atoms with Gasteiger partial charge in [0.1, 0.15) is 11.6 Å². The van der Waals surface area contributed by atoms with Crippen molar-refractivity contribution < 1.29 is 14.3 Å². The Hall–Kier alpha value is -3.71. The standard InChI is InChI=1S/C27H25N3O3S/c1-16-24(27(32)30-23-11-5-6-12-28-23)25(18-8-3-4-9-21(18)33-2)26-19(29-16)14-17(15-20(26)31)22-10-7-13-34-22/h3-13,17,25,29H,14-15H2,1-2H3,(H,28,30,32). The van der Waals surface area contributed by atoms with Crippen molar-refractivity contribution in [3.8, 4) is 5.75 Å². The topological polar surface area (TPSA) is 80.3 Å². The van der Waals surface area contributed by atoms with Gasteiger partial charge in [0.2, 0.25) is 0 Å². The average Bonchev–Trinajstić information content (AvgIpc) is 3.39. The Morgan fingerprint density at radius 3 is 2.68 bits per heavy atom. The van der Waals surface area contributed by atoms with Crippen LogP contribution in [0, 0.1) is 0 Å². The molecule has 172 valence electrons. The van der Waals surface area contributed by atoms with E-state index in [1.807, 2.05) is 48.7 Å². The van der Waals surface area contributed by atoms with E-state index in [2.05, 4.69) is 21.7 Å². The zero-order chi connectivity index (χ0) is 23.7. The van der Waals surface area contributed by atoms with E-state index in [1.165, 1.54) is 4.88 Å². The molecule has 3 aromatic rings. The first-order valence-electron chi connectivity index (χ1n) is 11.2. The second-order valence-corrected chi connectivity index (χ2v) is 9.42. The third-order valence-electron chi connectivity index (χ3n) is 6.37. The summed E-state index contributed by atoms with van der Waals surface area (Å²) in [6.07, 6.45) is 2.77. The molecule has 1 aromatic carbocycles. The fraction of sp³-hybridized carbons (Fsp3) is 0.222. The molecule has 2 unspecified atom stereocenters. The van der Waals surface area contributed by atoms with Gasteiger partial charge in [0.15, 0.2) is 5.78 Å². The molecule has 34 heavy (non-hydrogen) atoms. The predicted octanol–water partition coefficient (Wildman–Crippen LogP) is 5.15. The van der Waals surface area contributed by atoms with E-state index in [9.17, 15) is 9.59 Å². The first-order chi connectivity index (χ1) is 16.6. The maximum Gasteiger partial charge on any atom is 0.255 e. The fourth-order valence-electron chi connectivity index (χ4n) is 4.90. The van der Waals surface area contributed by atoms with Crippen LogP contribution in [0.15, 0.2) is 88.7 Å². The smallest absolute Gasteiger partial charge is 0.255 e. The van der Waals surface area contributed by atoms with Crippen LogP contribution < -0.4 is 15.4 Å². The maximum atomic E-state index is 13.6. The number of rotatable bonds is 5. The summed E-state index contributed by atoms with van der Waals surface area (Å²) in [4.78, 5) is 32.7. The lowest BCUT2D eigenvalue weighted by molar-refractivity contribution is -0.116. The minimum atomic E-state index is -0.534. The summed E-state index contributed by atoms with van der Waals surface area (Å²) in [5.41, 5.74) is 3.55. The van der Waals surface area contributed by atoms with Crippen LogP contribution in [0.5, 0.6) is 5.75 Å². The number of anilines is 1. The predicted molar refractivity (Wildman–Crippen MR) is 133 cm³/mol. The maximum absolute atomic E-state index is 13.6. The van der Waals surface area contributed by atoms with Gasteiger partial charge < -0.3 is 15.4 Å². The van der Waals surface area contributed by atoms with Gasteiger partial charge in [-0.05, 0) is 43.0 Å². The highest BCUT2D eigenvalue weighted by molar-refractivity contribution is 7.10. The third kappa shape index (κ3) is 4.03. The van der Waals surface area contributed by atoms with E-state index >= 15 is 0 Å². The molecular weight excluding hydrogens is 446 g/mol. The van der Waals surface area contributed by atoms with Crippen molar-refractivity contribution in [1.29, 1.82) is 0 Å². The molecule has 2 aliphatic rings. The summed E-state index contributed by atoms with van der Waals surface area (Å²) < 4.78 is 5.66. The molecular formula is C27H25N3O3S. The fourth-order valence-corrected chi connectivity index (χ4v) is 5.73. The number of hydrogen-bond acceptors (Lipinski definition) is 6. The number of methoxy groups -OCH3 is 1. The second-order valence-electron chi connectivity index (χ2n) is 8.44. The summed E-state index contributed by atoms with van der Waals surface area (Å²) in [7, 11) is 1.61. The largest absolute Gasteiger partial charge is 0.496 e. The number of para-hydroxylation sites is 1. The molecule has 1 amide bonds. The Labute approximate surface area is 202 Å². The first-order valence-corrected chi connectivity index (χ1v) is 12.1. The molecule has 2 atom stereocenters. The molecule has 2 aromatic heterocycles. The van der Waals surface area contributed by atoms with Crippen LogP contribution in [0.1, 0.15) is 42.0 Å². The van der Waals surface area contributed by atoms with E-state index in [-0.39, 0.29) is 17.6 Å². The molecule has 6 nitrogen and oxygen atoms in total. The Morgan fingerprint density at radius 2 is 1.94 bits per heavy atom. The second kappa shape index (κ2) is 9.27. The van der Waals surface area contributed by atoms with Gasteiger partial charge in [0.05, 0.1) is 13.0 Å². The normalized spacial score (nSPS) is 20.0. The van der Waals surface area contributed by atoms with Gasteiger partial charge in [-0.2, -0.15) is 0 Å². The van der Waals surface area contributed by atoms with Crippen LogP contribution in [0.25, 0.3) is 0 Å². The molecule has 5 rings (SSSR count). The number of ether oxygens (including phenoxy) is 1. The van der Waals surface area contributed by atoms with E-state index < -0.39 is 5.92 Å². The summed E-state index contributed by atoms with van der Waals surface area (Å²) in [5, 5.41) is 8.36. The van der Waals surface area contributed by atoms with Gasteiger partial charge in [-0.15, -0.1) is 11.3 Å². The lowest BCUT2D eigenvalue weighted by atomic mass is 9.72. The van der Waals surface area contributed by atoms with Crippen molar-refractivity contribution in [2.24, 2.45) is 0 Å². The van der Waals surface area contributed by atoms with E-state index in [4.69, 9.17) is 4.74 Å². The quantitative estimate of drug-likeness (QED) is 0.538. The summed E-state index contributed by atoms with van der Waals surface area (Å²) in [5.74, 6) is 0.462. The Morgan fingerprint density at radius 1 is 1.12 bits per heavy atom. The number of nitrogens with zero attached hydrogens (tertiary/aromatic N) is 1. The van der Waals surface area contributed by atoms with Crippen molar-refractivity contribution in [2.75, 3.05) is 12.4 Å². The number of pyridine rings is 1. The van der Waals surface area contributed by atoms with Crippen LogP contribution in [0.2, 0.25) is 0 Å². The van der Waals surface area contributed by atoms with E-state index in [0.717, 1.165) is 23.4 Å². The zero-order valence-corrected chi connectivity index (χ0v) is 19.8. The van der Waals surface area contributed by atoms with Crippen LogP contribution in [0.4, 0.5) is 5.82 Å². The van der Waals surface area contributed by atoms with Crippen molar-refractivity contribution >= 4 is 28.8 Å². The number of thiophene rings is 1. The number of hydrogen-bond donors (Lipinski definition) is 2. The van der Waals surface area contributed by atoms with Gasteiger partial charge in [-0.3, -0.25) is 9.59 Å². The van der Waals surface area contributed by atoms with Gasteiger partial charge in [-0.1, -0.05) is 30.3 Å². The van der Waals surface area contributed by atoms with Gasteiger partial charge >= 0.3 is 0 Å². The van der Waals surface area contributed by atoms with Gasteiger partial charge in [0, 0.05) is 51.5 Å². The van der Waals surface area contributed by atoms with Crippen molar-refractivity contribution in [2.45, 2.75) is 31.6 Å². The molecule has 0 saturated heterocycles. The van der Waals surface area contributed by atoms with Crippen LogP contribution in [-0.2, 0) is 9.59 Å². The number of allylic oxidation sites excluding steroid dienone is 3. The molecule has 1 aliphatic heterocycles. The lowest BCUT2D eigenvalue weighted by Gasteiger charge is -2.37. The molecule has 0 fully saturated rings. The molecule has 0 saturated carbocycles. The molecule has 0 spiro atoms. The number of amides is 1. The average molecular weight is 472 g/mol. The monoisotopic (exact) mass is 471 g/mol. The zero-order valence-electron chi connectivity index (χ0n) is 19.0. The van der Waals surface area contributed by atoms with E-state index in [0.29, 0.717) is 29.1 Å². The molecule has 3 heterocycles. The number of benzene rings is 1. The number of carbonyl (C=O) groups excluding carboxylic acids is 2. The Kier molecular flexibility index (Phi) is 6.02. The van der Waals surface area contributed by atoms with E-state index in [1.54, 1.807) is 36.8 Å². The molecule has 0 radical (unpaired) electrons. The lowest BCUT2D eigenvalue weighted by Crippen LogP contribution is -2.37. The highest BCUT2D eigenvalue weighted by atomic mass is 32.1. The Bertz CT molecular complexity index is 1300. The highest BCUT2D eigenvalue weighted by Gasteiger charge is 2.42. The number of nitrogens with one attached hydrogen (secondary N) is 2. The Balaban J connectivity index is 1.60. The van der Waals surface area contributed by atoms with Crippen molar-refractivity contribution in [1.82, 2.24) is 10.3 Å². The first kappa shape index (κ1) is 22.1. The SMILES string of the molecule is COc1ccccc1C1C(C(=O)Nc2ccccn2)=C(C)NC2=C1C(=O)CC(c1cccs1)C2. The van der Waals surface area contributed by atoms with Crippen molar-refractivity contribution in [3.05, 3.63) is 99.2 Å². The third-order valence-corrected chi connectivity index (χ3v) is 7.41. The van der Waals surface area contributed by atoms with Crippen molar-refractivity contribution in [3.63, 3.8) is 0 Å². The van der Waals surface area contributed by atoms with Crippen LogP contribution in [0.3, 0.4) is 0 Å². The number of dihydropyridines is 1. The van der Waals surface area contributed by atoms with Gasteiger partial charge in [-0.25, -0.2) is 4.98 Å². The number of ketones is 1. The molecule has 1 aliphatic carbocycles. The summed E-state index contributed by atoms with van der Waals surface area (Å²) in [6.45, 7) is 1.89. The summed E-state index contributed by atoms with van der Waals surface area (Å²) >= 11 is 1.68. The highest BCUT2D eigenvalue weighted by Crippen LogP contribution is 2.48. The van der Waals surface area contributed by atoms with Gasteiger partial charge in [0.25, 0.3) is 5.91 Å².